The molecule has 1 N–H and O–H groups in total. The van der Waals surface area contributed by atoms with Crippen molar-refractivity contribution in [1.29, 1.82) is 0 Å². The van der Waals surface area contributed by atoms with Gasteiger partial charge in [-0.05, 0) is 37.6 Å². The topological polar surface area (TPSA) is 78.4 Å². The molecule has 0 aliphatic carbocycles. The van der Waals surface area contributed by atoms with Crippen molar-refractivity contribution in [2.75, 3.05) is 29.9 Å². The zero-order valence-corrected chi connectivity index (χ0v) is 16.2. The summed E-state index contributed by atoms with van der Waals surface area (Å²) >= 11 is 0. The Bertz CT molecular complexity index is 952. The molecule has 2 bridgehead atoms. The Morgan fingerprint density at radius 3 is 2.40 bits per heavy atom. The molecule has 2 aromatic rings. The molecule has 2 atom stereocenters. The number of carbonyl (C=O) groups excluding carboxylic acids is 2. The minimum Gasteiger partial charge on any atom is -0.353 e. The minimum atomic E-state index is -4.51. The van der Waals surface area contributed by atoms with Crippen LogP contribution in [0.15, 0.2) is 36.7 Å². The second-order valence-electron chi connectivity index (χ2n) is 7.56. The smallest absolute Gasteiger partial charge is 0.353 e. The number of anilines is 2. The van der Waals surface area contributed by atoms with E-state index in [1.165, 1.54) is 6.92 Å². The summed E-state index contributed by atoms with van der Waals surface area (Å²) in [6.07, 6.45) is -2.68. The monoisotopic (exact) mass is 419 g/mol. The lowest BCUT2D eigenvalue weighted by atomic mass is 9.87. The third-order valence-corrected chi connectivity index (χ3v) is 5.51. The third-order valence-electron chi connectivity index (χ3n) is 5.51. The number of rotatable bonds is 5. The SMILES string of the molecule is CC(=O)c1ccc(NC(=O)CN2C3CC2CN(c2cc(C(F)(F)F)ncn2)C3)cc1. The molecule has 1 aromatic heterocycles. The van der Waals surface area contributed by atoms with Gasteiger partial charge in [0.1, 0.15) is 17.8 Å². The summed E-state index contributed by atoms with van der Waals surface area (Å²) in [4.78, 5) is 34.9. The number of piperidine rings is 1. The number of hydrogen-bond acceptors (Lipinski definition) is 6. The number of halogens is 3. The third kappa shape index (κ3) is 4.13. The fraction of sp³-hybridized carbons (Fsp3) is 0.400. The Kier molecular flexibility index (Phi) is 5.19. The standard InChI is InChI=1S/C20H20F3N5O2/c1-12(29)13-2-4-14(5-3-13)26-19(30)10-28-15-6-16(28)9-27(8-15)18-7-17(20(21,22)23)24-11-25-18/h2-5,7,11,15-16H,6,8-10H2,1H3,(H,26,30). The molecule has 1 amide bonds. The zero-order valence-electron chi connectivity index (χ0n) is 16.2. The van der Waals surface area contributed by atoms with E-state index >= 15 is 0 Å². The molecule has 5 rings (SSSR count). The van der Waals surface area contributed by atoms with Crippen LogP contribution < -0.4 is 10.2 Å². The van der Waals surface area contributed by atoms with Crippen LogP contribution in [-0.4, -0.2) is 58.3 Å². The number of aromatic nitrogens is 2. The first-order valence-corrected chi connectivity index (χ1v) is 9.51. The second-order valence-corrected chi connectivity index (χ2v) is 7.56. The summed E-state index contributed by atoms with van der Waals surface area (Å²) in [5.41, 5.74) is 0.223. The van der Waals surface area contributed by atoms with Crippen LogP contribution in [0.2, 0.25) is 0 Å². The maximum Gasteiger partial charge on any atom is 0.433 e. The van der Waals surface area contributed by atoms with Gasteiger partial charge in [0.05, 0.1) is 6.54 Å². The second kappa shape index (κ2) is 7.67. The molecular weight excluding hydrogens is 399 g/mol. The molecule has 3 aliphatic heterocycles. The summed E-state index contributed by atoms with van der Waals surface area (Å²) in [5, 5.41) is 2.81. The van der Waals surface area contributed by atoms with Crippen molar-refractivity contribution in [3.05, 3.63) is 47.9 Å². The molecule has 0 saturated carbocycles. The van der Waals surface area contributed by atoms with Crippen molar-refractivity contribution < 1.29 is 22.8 Å². The van der Waals surface area contributed by atoms with Crippen molar-refractivity contribution in [3.63, 3.8) is 0 Å². The Balaban J connectivity index is 1.34. The van der Waals surface area contributed by atoms with Gasteiger partial charge in [-0.15, -0.1) is 0 Å². The van der Waals surface area contributed by atoms with E-state index in [-0.39, 0.29) is 36.1 Å². The summed E-state index contributed by atoms with van der Waals surface area (Å²) in [7, 11) is 0. The van der Waals surface area contributed by atoms with E-state index in [1.807, 2.05) is 4.90 Å². The number of hydrogen-bond donors (Lipinski definition) is 1. The van der Waals surface area contributed by atoms with Gasteiger partial charge in [0.15, 0.2) is 5.78 Å². The number of piperazine rings is 1. The molecular formula is C20H20F3N5O2. The first kappa shape index (κ1) is 20.3. The highest BCUT2D eigenvalue weighted by Crippen LogP contribution is 2.35. The molecule has 1 aromatic carbocycles. The number of ketones is 1. The van der Waals surface area contributed by atoms with Gasteiger partial charge < -0.3 is 10.2 Å². The average Bonchev–Trinajstić information content (AvgIpc) is 2.72. The Morgan fingerprint density at radius 1 is 1.13 bits per heavy atom. The molecule has 0 spiro atoms. The molecule has 2 unspecified atom stereocenters. The summed E-state index contributed by atoms with van der Waals surface area (Å²) in [5.74, 6) is 0.0358. The fourth-order valence-corrected chi connectivity index (χ4v) is 3.96. The highest BCUT2D eigenvalue weighted by Gasteiger charge is 2.45. The molecule has 10 heteroatoms. The molecule has 3 fully saturated rings. The number of alkyl halides is 3. The predicted molar refractivity (Wildman–Crippen MR) is 103 cm³/mol. The lowest BCUT2D eigenvalue weighted by molar-refractivity contribution is -0.141. The molecule has 3 aliphatic rings. The Labute approximate surface area is 170 Å². The van der Waals surface area contributed by atoms with Gasteiger partial charge in [0.2, 0.25) is 5.91 Å². The number of nitrogens with zero attached hydrogens (tertiary/aromatic N) is 4. The number of amides is 1. The maximum atomic E-state index is 12.9. The van der Waals surface area contributed by atoms with Gasteiger partial charge in [-0.2, -0.15) is 13.2 Å². The van der Waals surface area contributed by atoms with Crippen LogP contribution >= 0.6 is 0 Å². The van der Waals surface area contributed by atoms with E-state index in [2.05, 4.69) is 20.2 Å². The Hall–Kier alpha value is -3.01. The minimum absolute atomic E-state index is 0.0446. The number of benzene rings is 1. The maximum absolute atomic E-state index is 12.9. The van der Waals surface area contributed by atoms with Gasteiger partial charge in [-0.25, -0.2) is 9.97 Å². The van der Waals surface area contributed by atoms with Crippen LogP contribution in [0, 0.1) is 0 Å². The number of Topliss-reactive ketones (excluding diaryl/α,β-unsaturated/α-hetero) is 1. The van der Waals surface area contributed by atoms with E-state index in [0.29, 0.717) is 24.3 Å². The van der Waals surface area contributed by atoms with E-state index in [9.17, 15) is 22.8 Å². The van der Waals surface area contributed by atoms with Crippen molar-refractivity contribution in [1.82, 2.24) is 14.9 Å². The lowest BCUT2D eigenvalue weighted by Gasteiger charge is -2.56. The fourth-order valence-electron chi connectivity index (χ4n) is 3.96. The molecule has 30 heavy (non-hydrogen) atoms. The molecule has 7 nitrogen and oxygen atoms in total. The Morgan fingerprint density at radius 2 is 1.80 bits per heavy atom. The van der Waals surface area contributed by atoms with E-state index < -0.39 is 11.9 Å². The predicted octanol–water partition coefficient (Wildman–Crippen LogP) is 2.60. The van der Waals surface area contributed by atoms with Crippen LogP contribution in [0.25, 0.3) is 0 Å². The van der Waals surface area contributed by atoms with Gasteiger partial charge in [0.25, 0.3) is 0 Å². The lowest BCUT2D eigenvalue weighted by Crippen LogP contribution is -2.69. The van der Waals surface area contributed by atoms with Crippen LogP contribution in [0.5, 0.6) is 0 Å². The molecule has 3 saturated heterocycles. The summed E-state index contributed by atoms with van der Waals surface area (Å²) in [6.45, 7) is 2.69. The van der Waals surface area contributed by atoms with Crippen LogP contribution in [0.1, 0.15) is 29.4 Å². The normalized spacial score (nSPS) is 21.1. The van der Waals surface area contributed by atoms with E-state index in [0.717, 1.165) is 18.8 Å². The van der Waals surface area contributed by atoms with Crippen LogP contribution in [0.4, 0.5) is 24.7 Å². The highest BCUT2D eigenvalue weighted by molar-refractivity contribution is 5.96. The first-order chi connectivity index (χ1) is 14.2. The summed E-state index contributed by atoms with van der Waals surface area (Å²) in [6, 6.07) is 7.81. The zero-order chi connectivity index (χ0) is 21.5. The molecule has 4 heterocycles. The van der Waals surface area contributed by atoms with Gasteiger partial charge in [-0.1, -0.05) is 0 Å². The first-order valence-electron chi connectivity index (χ1n) is 9.51. The van der Waals surface area contributed by atoms with E-state index in [1.54, 1.807) is 24.3 Å². The van der Waals surface area contributed by atoms with Gasteiger partial charge in [-0.3, -0.25) is 14.5 Å². The van der Waals surface area contributed by atoms with E-state index in [4.69, 9.17) is 0 Å². The number of carbonyl (C=O) groups is 2. The van der Waals surface area contributed by atoms with Crippen molar-refractivity contribution in [3.8, 4) is 0 Å². The van der Waals surface area contributed by atoms with Gasteiger partial charge >= 0.3 is 6.18 Å². The number of fused-ring (bicyclic) bond motifs is 2. The van der Waals surface area contributed by atoms with Gasteiger partial charge in [0, 0.05) is 42.5 Å². The van der Waals surface area contributed by atoms with Crippen molar-refractivity contribution >= 4 is 23.2 Å². The number of nitrogens with one attached hydrogen (secondary N) is 1. The van der Waals surface area contributed by atoms with Crippen LogP contribution in [-0.2, 0) is 11.0 Å². The van der Waals surface area contributed by atoms with Crippen LogP contribution in [0.3, 0.4) is 0 Å². The summed E-state index contributed by atoms with van der Waals surface area (Å²) < 4.78 is 38.7. The van der Waals surface area contributed by atoms with Crippen molar-refractivity contribution in [2.45, 2.75) is 31.6 Å². The molecule has 158 valence electrons. The molecule has 0 radical (unpaired) electrons. The largest absolute Gasteiger partial charge is 0.433 e. The quantitative estimate of drug-likeness (QED) is 0.751. The van der Waals surface area contributed by atoms with Crippen molar-refractivity contribution in [2.24, 2.45) is 0 Å². The average molecular weight is 419 g/mol. The highest BCUT2D eigenvalue weighted by atomic mass is 19.4.